The van der Waals surface area contributed by atoms with Crippen molar-refractivity contribution in [2.24, 2.45) is 0 Å². The molecule has 4 rings (SSSR count). The Morgan fingerprint density at radius 1 is 1.38 bits per heavy atom. The second-order valence-corrected chi connectivity index (χ2v) is 7.31. The molecule has 2 fully saturated rings. The molecule has 0 radical (unpaired) electrons. The van der Waals surface area contributed by atoms with Crippen LogP contribution in [0.1, 0.15) is 12.8 Å². The summed E-state index contributed by atoms with van der Waals surface area (Å²) >= 11 is 6.92. The number of benzene rings is 1. The Morgan fingerprint density at radius 2 is 2.15 bits per heavy atom. The first-order valence-corrected chi connectivity index (χ1v) is 9.22. The molecule has 2 aliphatic heterocycles. The third kappa shape index (κ3) is 3.06. The van der Waals surface area contributed by atoms with Crippen LogP contribution in [0.5, 0.6) is 0 Å². The summed E-state index contributed by atoms with van der Waals surface area (Å²) in [6.07, 6.45) is 1.56. The Balaban J connectivity index is 1.51. The third-order valence-corrected chi connectivity index (χ3v) is 5.33. The molecule has 1 aliphatic carbocycles. The molecular weight excluding hydrogens is 383 g/mol. The van der Waals surface area contributed by atoms with E-state index in [1.54, 1.807) is 5.41 Å². The van der Waals surface area contributed by atoms with Gasteiger partial charge in [-0.3, -0.25) is 19.4 Å². The summed E-state index contributed by atoms with van der Waals surface area (Å²) in [6, 6.07) is 2.61. The van der Waals surface area contributed by atoms with E-state index in [0.29, 0.717) is 11.4 Å². The van der Waals surface area contributed by atoms with E-state index in [9.17, 15) is 18.8 Å². The molecule has 1 saturated carbocycles. The van der Waals surface area contributed by atoms with Crippen molar-refractivity contribution < 1.29 is 18.8 Å². The molecular formula is C16H14ClFN4O3S. The lowest BCUT2D eigenvalue weighted by Gasteiger charge is -2.38. The normalized spacial score (nSPS) is 22.4. The van der Waals surface area contributed by atoms with E-state index in [1.807, 2.05) is 0 Å². The van der Waals surface area contributed by atoms with Gasteiger partial charge in [-0.15, -0.1) is 0 Å². The molecule has 1 atom stereocenters. The third-order valence-electron chi connectivity index (χ3n) is 4.31. The van der Waals surface area contributed by atoms with Crippen LogP contribution in [0.4, 0.5) is 14.9 Å². The summed E-state index contributed by atoms with van der Waals surface area (Å²) in [6.45, 7) is -0.255. The van der Waals surface area contributed by atoms with Crippen molar-refractivity contribution in [3.05, 3.63) is 40.1 Å². The van der Waals surface area contributed by atoms with Crippen LogP contribution in [0.3, 0.4) is 0 Å². The minimum atomic E-state index is -0.633. The molecule has 136 valence electrons. The van der Waals surface area contributed by atoms with E-state index in [0.717, 1.165) is 18.9 Å². The number of amides is 4. The van der Waals surface area contributed by atoms with Crippen molar-refractivity contribution in [1.29, 1.82) is 0 Å². The minimum Gasteiger partial charge on any atom is -0.324 e. The standard InChI is InChI=1S/C16H14ClFN4O3S/c17-10-5-8(1-4-11(10)18)19-13(23)6-21-12-7-26-20-14(12)15(24)22(16(21)25)9-2-3-9/h1,4-5,7,9,14,20H,2-3,6H2,(H,19,23). The summed E-state index contributed by atoms with van der Waals surface area (Å²) in [5.74, 6) is -1.34. The Hall–Kier alpha value is -2.10. The van der Waals surface area contributed by atoms with Gasteiger partial charge in [0.05, 0.1) is 10.7 Å². The molecule has 2 N–H and O–H groups in total. The number of carbonyl (C=O) groups excluding carboxylic acids is 3. The molecule has 7 nitrogen and oxygen atoms in total. The molecule has 2 heterocycles. The fraction of sp³-hybridized carbons (Fsp3) is 0.312. The zero-order valence-electron chi connectivity index (χ0n) is 13.4. The maximum atomic E-state index is 13.2. The lowest BCUT2D eigenvalue weighted by molar-refractivity contribution is -0.132. The van der Waals surface area contributed by atoms with Gasteiger partial charge in [-0.05, 0) is 31.0 Å². The molecule has 0 bridgehead atoms. The average molecular weight is 397 g/mol. The van der Waals surface area contributed by atoms with Gasteiger partial charge in [0, 0.05) is 17.1 Å². The van der Waals surface area contributed by atoms with Crippen molar-refractivity contribution in [2.45, 2.75) is 24.9 Å². The Bertz CT molecular complexity index is 845. The van der Waals surface area contributed by atoms with Crippen molar-refractivity contribution in [3.8, 4) is 0 Å². The second kappa shape index (κ2) is 6.57. The van der Waals surface area contributed by atoms with E-state index in [4.69, 9.17) is 11.6 Å². The maximum absolute atomic E-state index is 13.2. The highest BCUT2D eigenvalue weighted by Crippen LogP contribution is 2.36. The molecule has 1 aromatic rings. The van der Waals surface area contributed by atoms with Crippen LogP contribution < -0.4 is 10.0 Å². The van der Waals surface area contributed by atoms with Gasteiger partial charge >= 0.3 is 6.03 Å². The first kappa shape index (κ1) is 17.3. The van der Waals surface area contributed by atoms with Crippen LogP contribution >= 0.6 is 23.5 Å². The number of rotatable bonds is 4. The predicted molar refractivity (Wildman–Crippen MR) is 94.6 cm³/mol. The Morgan fingerprint density at radius 3 is 2.85 bits per heavy atom. The maximum Gasteiger partial charge on any atom is 0.331 e. The number of imide groups is 1. The highest BCUT2D eigenvalue weighted by atomic mass is 35.5. The summed E-state index contributed by atoms with van der Waals surface area (Å²) in [5.41, 5.74) is 0.791. The van der Waals surface area contributed by atoms with Gasteiger partial charge in [-0.1, -0.05) is 23.5 Å². The number of nitrogens with one attached hydrogen (secondary N) is 2. The van der Waals surface area contributed by atoms with E-state index in [2.05, 4.69) is 10.0 Å². The number of urea groups is 1. The highest BCUT2D eigenvalue weighted by Gasteiger charge is 2.50. The van der Waals surface area contributed by atoms with Gasteiger partial charge in [-0.25, -0.2) is 13.9 Å². The van der Waals surface area contributed by atoms with Crippen LogP contribution in [0.2, 0.25) is 5.02 Å². The van der Waals surface area contributed by atoms with Crippen molar-refractivity contribution in [2.75, 3.05) is 11.9 Å². The van der Waals surface area contributed by atoms with Crippen molar-refractivity contribution in [1.82, 2.24) is 14.5 Å². The SMILES string of the molecule is O=C(CN1C(=O)N(C2CC2)C(=O)C2NSC=C21)Nc1ccc(F)c(Cl)c1. The van der Waals surface area contributed by atoms with Crippen LogP contribution in [0.25, 0.3) is 0 Å². The first-order chi connectivity index (χ1) is 12.5. The van der Waals surface area contributed by atoms with Gasteiger partial charge in [0.2, 0.25) is 5.91 Å². The quantitative estimate of drug-likeness (QED) is 0.763. The number of carbonyl (C=O) groups is 3. The number of halogens is 2. The van der Waals surface area contributed by atoms with Gasteiger partial charge in [0.1, 0.15) is 18.4 Å². The lowest BCUT2D eigenvalue weighted by Crippen LogP contribution is -2.60. The predicted octanol–water partition coefficient (Wildman–Crippen LogP) is 2.31. The van der Waals surface area contributed by atoms with Crippen LogP contribution in [-0.2, 0) is 9.59 Å². The number of hydrogen-bond donors (Lipinski definition) is 2. The zero-order valence-corrected chi connectivity index (χ0v) is 14.9. The first-order valence-electron chi connectivity index (χ1n) is 7.96. The average Bonchev–Trinajstić information content (AvgIpc) is 3.30. The molecule has 1 aromatic carbocycles. The molecule has 0 spiro atoms. The van der Waals surface area contributed by atoms with Crippen LogP contribution in [0, 0.1) is 5.82 Å². The van der Waals surface area contributed by atoms with Crippen molar-refractivity contribution in [3.63, 3.8) is 0 Å². The molecule has 10 heteroatoms. The fourth-order valence-corrected chi connectivity index (χ4v) is 3.90. The topological polar surface area (TPSA) is 81.8 Å². The van der Waals surface area contributed by atoms with E-state index in [-0.39, 0.29) is 23.5 Å². The van der Waals surface area contributed by atoms with E-state index >= 15 is 0 Å². The minimum absolute atomic E-state index is 0.0922. The van der Waals surface area contributed by atoms with Gasteiger partial charge in [0.15, 0.2) is 0 Å². The Labute approximate surface area is 157 Å². The molecule has 1 unspecified atom stereocenters. The summed E-state index contributed by atoms with van der Waals surface area (Å²) in [5, 5.41) is 4.14. The number of hydrogen-bond acceptors (Lipinski definition) is 5. The summed E-state index contributed by atoms with van der Waals surface area (Å²) in [4.78, 5) is 40.2. The van der Waals surface area contributed by atoms with E-state index in [1.165, 1.54) is 33.9 Å². The van der Waals surface area contributed by atoms with Gasteiger partial charge in [-0.2, -0.15) is 0 Å². The smallest absolute Gasteiger partial charge is 0.324 e. The van der Waals surface area contributed by atoms with E-state index < -0.39 is 23.8 Å². The summed E-state index contributed by atoms with van der Waals surface area (Å²) < 4.78 is 16.2. The highest BCUT2D eigenvalue weighted by molar-refractivity contribution is 8.00. The molecule has 26 heavy (non-hydrogen) atoms. The molecule has 4 amide bonds. The second-order valence-electron chi connectivity index (χ2n) is 6.20. The Kier molecular flexibility index (Phi) is 4.37. The van der Waals surface area contributed by atoms with Gasteiger partial charge < -0.3 is 5.32 Å². The van der Waals surface area contributed by atoms with Gasteiger partial charge in [0.25, 0.3) is 5.91 Å². The monoisotopic (exact) mass is 396 g/mol. The zero-order chi connectivity index (χ0) is 18.4. The molecule has 1 saturated heterocycles. The fourth-order valence-electron chi connectivity index (χ4n) is 2.91. The number of fused-ring (bicyclic) bond motifs is 1. The summed E-state index contributed by atoms with van der Waals surface area (Å²) in [7, 11) is 0. The number of anilines is 1. The van der Waals surface area contributed by atoms with Crippen LogP contribution in [-0.4, -0.2) is 46.3 Å². The lowest BCUT2D eigenvalue weighted by atomic mass is 10.1. The van der Waals surface area contributed by atoms with Crippen LogP contribution in [0.15, 0.2) is 29.3 Å². The number of nitrogens with zero attached hydrogens (tertiary/aromatic N) is 2. The molecule has 0 aromatic heterocycles. The largest absolute Gasteiger partial charge is 0.331 e. The van der Waals surface area contributed by atoms with Crippen molar-refractivity contribution >= 4 is 47.1 Å². The molecule has 3 aliphatic rings.